The molecule has 0 spiro atoms. The van der Waals surface area contributed by atoms with E-state index in [-0.39, 0.29) is 0 Å². The average molecular weight is 482 g/mol. The molecule has 2 saturated heterocycles. The summed E-state index contributed by atoms with van der Waals surface area (Å²) in [7, 11) is -0.0842. The Kier molecular flexibility index (Phi) is 6.36. The van der Waals surface area contributed by atoms with Gasteiger partial charge in [0.25, 0.3) is 0 Å². The largest absolute Gasteiger partial charge is 0.497 e. The van der Waals surface area contributed by atoms with Gasteiger partial charge in [0.15, 0.2) is 0 Å². The summed E-state index contributed by atoms with van der Waals surface area (Å²) >= 11 is 0. The number of anilines is 1. The molecule has 2 fully saturated rings. The van der Waals surface area contributed by atoms with Crippen LogP contribution in [0, 0.1) is 0 Å². The van der Waals surface area contributed by atoms with E-state index in [0.717, 1.165) is 72.6 Å². The standard InChI is InChI=1S/C26H31N3O4S/c1-32-21-7-10-25(33-2)23(17-21)20-12-15-28(18-20)26-11-6-19-16-22(8-9-24(19)27-26)34(30,31)29-13-4-3-5-14-29/h6-11,16-17,20H,3-5,12-15,18H2,1-2H3. The number of pyridine rings is 1. The van der Waals surface area contributed by atoms with Crippen LogP contribution in [-0.2, 0) is 10.0 Å². The second-order valence-electron chi connectivity index (χ2n) is 9.03. The summed E-state index contributed by atoms with van der Waals surface area (Å²) in [5, 5.41) is 0.840. The maximum atomic E-state index is 13.1. The predicted molar refractivity (Wildman–Crippen MR) is 133 cm³/mol. The highest BCUT2D eigenvalue weighted by atomic mass is 32.2. The number of ether oxygens (including phenoxy) is 2. The van der Waals surface area contributed by atoms with E-state index in [9.17, 15) is 8.42 Å². The maximum absolute atomic E-state index is 13.1. The Morgan fingerprint density at radius 3 is 2.50 bits per heavy atom. The molecule has 180 valence electrons. The summed E-state index contributed by atoms with van der Waals surface area (Å²) in [4.78, 5) is 7.49. The van der Waals surface area contributed by atoms with Crippen molar-refractivity contribution in [3.8, 4) is 11.5 Å². The minimum Gasteiger partial charge on any atom is -0.497 e. The minimum atomic E-state index is -3.46. The van der Waals surface area contributed by atoms with E-state index in [1.165, 1.54) is 0 Å². The van der Waals surface area contributed by atoms with Gasteiger partial charge in [-0.05, 0) is 67.8 Å². The first-order chi connectivity index (χ1) is 16.5. The van der Waals surface area contributed by atoms with E-state index in [1.807, 2.05) is 30.3 Å². The fourth-order valence-electron chi connectivity index (χ4n) is 5.06. The Hall–Kier alpha value is -2.84. The molecule has 2 aliphatic heterocycles. The molecule has 1 unspecified atom stereocenters. The minimum absolute atomic E-state index is 0.319. The van der Waals surface area contributed by atoms with E-state index in [0.29, 0.717) is 23.9 Å². The second-order valence-corrected chi connectivity index (χ2v) is 11.0. The molecule has 0 aliphatic carbocycles. The normalized spacial score (nSPS) is 19.5. The average Bonchev–Trinajstić information content (AvgIpc) is 3.38. The highest BCUT2D eigenvalue weighted by molar-refractivity contribution is 7.89. The first-order valence-electron chi connectivity index (χ1n) is 11.9. The van der Waals surface area contributed by atoms with Gasteiger partial charge in [0.1, 0.15) is 17.3 Å². The van der Waals surface area contributed by atoms with Crippen molar-refractivity contribution in [1.29, 1.82) is 0 Å². The number of benzene rings is 2. The number of fused-ring (bicyclic) bond motifs is 1. The van der Waals surface area contributed by atoms with Gasteiger partial charge in [-0.25, -0.2) is 13.4 Å². The van der Waals surface area contributed by atoms with Crippen LogP contribution in [0.2, 0.25) is 0 Å². The third-order valence-electron chi connectivity index (χ3n) is 6.99. The summed E-state index contributed by atoms with van der Waals surface area (Å²) in [6, 6.07) is 15.2. The molecule has 2 aliphatic rings. The van der Waals surface area contributed by atoms with Crippen molar-refractivity contribution in [3.63, 3.8) is 0 Å². The molecule has 3 heterocycles. The van der Waals surface area contributed by atoms with Crippen LogP contribution < -0.4 is 14.4 Å². The molecular weight excluding hydrogens is 450 g/mol. The second kappa shape index (κ2) is 9.43. The quantitative estimate of drug-likeness (QED) is 0.519. The van der Waals surface area contributed by atoms with Gasteiger partial charge in [-0.3, -0.25) is 0 Å². The van der Waals surface area contributed by atoms with Crippen molar-refractivity contribution < 1.29 is 17.9 Å². The zero-order chi connectivity index (χ0) is 23.7. The third kappa shape index (κ3) is 4.32. The summed E-state index contributed by atoms with van der Waals surface area (Å²) in [6.07, 6.45) is 3.95. The van der Waals surface area contributed by atoms with Crippen LogP contribution in [-0.4, -0.2) is 58.1 Å². The Bertz CT molecular complexity index is 1290. The summed E-state index contributed by atoms with van der Waals surface area (Å²) in [6.45, 7) is 2.94. The number of rotatable bonds is 6. The van der Waals surface area contributed by atoms with Gasteiger partial charge in [-0.15, -0.1) is 0 Å². The van der Waals surface area contributed by atoms with Crippen molar-refractivity contribution in [3.05, 3.63) is 54.1 Å². The number of sulfonamides is 1. The van der Waals surface area contributed by atoms with Gasteiger partial charge in [0.05, 0.1) is 24.6 Å². The lowest BCUT2D eigenvalue weighted by Crippen LogP contribution is -2.35. The Labute approximate surface area is 201 Å². The van der Waals surface area contributed by atoms with Crippen LogP contribution in [0.3, 0.4) is 0 Å². The molecular formula is C26H31N3O4S. The van der Waals surface area contributed by atoms with Gasteiger partial charge in [0, 0.05) is 43.0 Å². The monoisotopic (exact) mass is 481 g/mol. The molecule has 0 N–H and O–H groups in total. The molecule has 1 aromatic heterocycles. The molecule has 8 heteroatoms. The van der Waals surface area contributed by atoms with E-state index in [4.69, 9.17) is 14.5 Å². The Balaban J connectivity index is 1.37. The van der Waals surface area contributed by atoms with Gasteiger partial charge in [-0.2, -0.15) is 4.31 Å². The molecule has 0 amide bonds. The van der Waals surface area contributed by atoms with E-state index in [2.05, 4.69) is 11.0 Å². The van der Waals surface area contributed by atoms with E-state index >= 15 is 0 Å². The van der Waals surface area contributed by atoms with Crippen LogP contribution in [0.1, 0.15) is 37.2 Å². The SMILES string of the molecule is COc1ccc(OC)c(C2CCN(c3ccc4cc(S(=O)(=O)N5CCCCC5)ccc4n3)C2)c1. The third-order valence-corrected chi connectivity index (χ3v) is 8.88. The number of hydrogen-bond acceptors (Lipinski definition) is 6. The van der Waals surface area contributed by atoms with Crippen LogP contribution >= 0.6 is 0 Å². The van der Waals surface area contributed by atoms with Crippen LogP contribution in [0.25, 0.3) is 10.9 Å². The number of methoxy groups -OCH3 is 2. The van der Waals surface area contributed by atoms with Crippen LogP contribution in [0.15, 0.2) is 53.4 Å². The number of aromatic nitrogens is 1. The van der Waals surface area contributed by atoms with E-state index < -0.39 is 10.0 Å². The summed E-state index contributed by atoms with van der Waals surface area (Å²) < 4.78 is 38.7. The number of nitrogens with zero attached hydrogens (tertiary/aromatic N) is 3. The van der Waals surface area contributed by atoms with Gasteiger partial charge >= 0.3 is 0 Å². The Morgan fingerprint density at radius 2 is 1.74 bits per heavy atom. The van der Waals surface area contributed by atoms with Crippen LogP contribution in [0.5, 0.6) is 11.5 Å². The van der Waals surface area contributed by atoms with Gasteiger partial charge in [-0.1, -0.05) is 6.42 Å². The van der Waals surface area contributed by atoms with Crippen molar-refractivity contribution in [1.82, 2.24) is 9.29 Å². The Morgan fingerprint density at radius 1 is 0.912 bits per heavy atom. The van der Waals surface area contributed by atoms with Crippen LogP contribution in [0.4, 0.5) is 5.82 Å². The molecule has 0 radical (unpaired) electrons. The molecule has 2 aromatic carbocycles. The molecule has 5 rings (SSSR count). The van der Waals surface area contributed by atoms with Crippen molar-refractivity contribution in [2.75, 3.05) is 45.3 Å². The van der Waals surface area contributed by atoms with Crippen molar-refractivity contribution in [2.45, 2.75) is 36.5 Å². The molecule has 7 nitrogen and oxygen atoms in total. The topological polar surface area (TPSA) is 72.0 Å². The lowest BCUT2D eigenvalue weighted by Gasteiger charge is -2.26. The van der Waals surface area contributed by atoms with E-state index in [1.54, 1.807) is 30.7 Å². The smallest absolute Gasteiger partial charge is 0.243 e. The molecule has 3 aromatic rings. The van der Waals surface area contributed by atoms with Crippen molar-refractivity contribution in [2.24, 2.45) is 0 Å². The molecule has 1 atom stereocenters. The zero-order valence-electron chi connectivity index (χ0n) is 19.7. The van der Waals surface area contributed by atoms with Gasteiger partial charge in [0.2, 0.25) is 10.0 Å². The zero-order valence-corrected chi connectivity index (χ0v) is 20.6. The lowest BCUT2D eigenvalue weighted by atomic mass is 9.97. The van der Waals surface area contributed by atoms with Gasteiger partial charge < -0.3 is 14.4 Å². The maximum Gasteiger partial charge on any atom is 0.243 e. The summed E-state index contributed by atoms with van der Waals surface area (Å²) in [5.41, 5.74) is 1.95. The highest BCUT2D eigenvalue weighted by Crippen LogP contribution is 2.37. The van der Waals surface area contributed by atoms with Crippen molar-refractivity contribution >= 4 is 26.7 Å². The first-order valence-corrected chi connectivity index (χ1v) is 13.3. The first kappa shape index (κ1) is 22.9. The highest BCUT2D eigenvalue weighted by Gasteiger charge is 2.28. The molecule has 34 heavy (non-hydrogen) atoms. The fourth-order valence-corrected chi connectivity index (χ4v) is 6.62. The fraction of sp³-hybridized carbons (Fsp3) is 0.423. The predicted octanol–water partition coefficient (Wildman–Crippen LogP) is 4.42. The lowest BCUT2D eigenvalue weighted by molar-refractivity contribution is 0.346. The summed E-state index contributed by atoms with van der Waals surface area (Å²) in [5.74, 6) is 2.93. The molecule has 0 bridgehead atoms. The molecule has 0 saturated carbocycles. The number of hydrogen-bond donors (Lipinski definition) is 0. The number of piperidine rings is 1.